The average molecular weight is 317 g/mol. The van der Waals surface area contributed by atoms with E-state index in [1.165, 1.54) is 10.4 Å². The molecule has 1 nitrogen and oxygen atoms in total. The Morgan fingerprint density at radius 2 is 2.31 bits per heavy atom. The minimum absolute atomic E-state index is 0.361. The van der Waals surface area contributed by atoms with E-state index in [2.05, 4.69) is 33.0 Å². The van der Waals surface area contributed by atoms with Crippen LogP contribution in [-0.4, -0.2) is 10.9 Å². The lowest BCUT2D eigenvalue weighted by atomic mass is 9.97. The largest absolute Gasteiger partial charge is 0.253 e. The standard InChI is InChI=1S/C12H11BrClNS/c13-11-3-1-2-9(4-11)10(6-14)5-12-7-15-8-16-12/h1-4,7-8,10H,5-6H2. The highest BCUT2D eigenvalue weighted by atomic mass is 79.9. The van der Waals surface area contributed by atoms with E-state index in [0.717, 1.165) is 10.9 Å². The van der Waals surface area contributed by atoms with Crippen molar-refractivity contribution in [3.05, 3.63) is 50.9 Å². The lowest BCUT2D eigenvalue weighted by Crippen LogP contribution is -2.03. The van der Waals surface area contributed by atoms with Gasteiger partial charge in [-0.15, -0.1) is 22.9 Å². The van der Waals surface area contributed by atoms with Crippen LogP contribution in [0.1, 0.15) is 16.4 Å². The number of benzene rings is 1. The van der Waals surface area contributed by atoms with Gasteiger partial charge in [-0.05, 0) is 24.1 Å². The second-order valence-electron chi connectivity index (χ2n) is 3.58. The summed E-state index contributed by atoms with van der Waals surface area (Å²) >= 11 is 11.2. The molecule has 0 radical (unpaired) electrons. The third-order valence-corrected chi connectivity index (χ3v) is 4.11. The van der Waals surface area contributed by atoms with Crippen molar-refractivity contribution in [1.82, 2.24) is 4.98 Å². The van der Waals surface area contributed by atoms with Gasteiger partial charge in [-0.1, -0.05) is 28.1 Å². The monoisotopic (exact) mass is 315 g/mol. The predicted molar refractivity (Wildman–Crippen MR) is 73.4 cm³/mol. The maximum atomic E-state index is 6.04. The Bertz CT molecular complexity index is 444. The highest BCUT2D eigenvalue weighted by Gasteiger charge is 2.12. The van der Waals surface area contributed by atoms with E-state index in [-0.39, 0.29) is 0 Å². The van der Waals surface area contributed by atoms with Crippen LogP contribution in [0.3, 0.4) is 0 Å². The lowest BCUT2D eigenvalue weighted by Gasteiger charge is -2.13. The molecule has 1 aromatic carbocycles. The Hall–Kier alpha value is -0.380. The fourth-order valence-electron chi connectivity index (χ4n) is 1.61. The van der Waals surface area contributed by atoms with E-state index in [1.807, 2.05) is 23.8 Å². The summed E-state index contributed by atoms with van der Waals surface area (Å²) in [4.78, 5) is 5.37. The molecule has 0 bridgehead atoms. The SMILES string of the molecule is ClCC(Cc1cncs1)c1cccc(Br)c1. The molecule has 0 aliphatic carbocycles. The number of thiazole rings is 1. The number of halogens is 2. The van der Waals surface area contributed by atoms with E-state index >= 15 is 0 Å². The van der Waals surface area contributed by atoms with E-state index in [0.29, 0.717) is 11.8 Å². The molecule has 84 valence electrons. The summed E-state index contributed by atoms with van der Waals surface area (Å²) in [6.07, 6.45) is 2.88. The third kappa shape index (κ3) is 3.06. The molecule has 16 heavy (non-hydrogen) atoms. The Labute approximate surface area is 113 Å². The van der Waals surface area contributed by atoms with Gasteiger partial charge in [-0.3, -0.25) is 4.98 Å². The number of nitrogens with zero attached hydrogens (tertiary/aromatic N) is 1. The van der Waals surface area contributed by atoms with Crippen molar-refractivity contribution in [1.29, 1.82) is 0 Å². The van der Waals surface area contributed by atoms with Crippen LogP contribution in [0, 0.1) is 0 Å². The molecule has 0 amide bonds. The third-order valence-electron chi connectivity index (χ3n) is 2.44. The van der Waals surface area contributed by atoms with Crippen LogP contribution in [0.25, 0.3) is 0 Å². The summed E-state index contributed by atoms with van der Waals surface area (Å²) in [6.45, 7) is 0. The van der Waals surface area contributed by atoms with Gasteiger partial charge in [-0.25, -0.2) is 0 Å². The van der Waals surface area contributed by atoms with Crippen LogP contribution in [0.15, 0.2) is 40.4 Å². The molecular formula is C12H11BrClNS. The van der Waals surface area contributed by atoms with Crippen LogP contribution in [0.2, 0.25) is 0 Å². The van der Waals surface area contributed by atoms with Crippen LogP contribution in [-0.2, 0) is 6.42 Å². The zero-order valence-corrected chi connectivity index (χ0v) is 11.7. The van der Waals surface area contributed by atoms with Gasteiger partial charge in [0, 0.05) is 27.3 Å². The first-order valence-electron chi connectivity index (χ1n) is 4.98. The van der Waals surface area contributed by atoms with E-state index < -0.39 is 0 Å². The molecule has 4 heteroatoms. The second kappa shape index (κ2) is 5.80. The molecular weight excluding hydrogens is 306 g/mol. The van der Waals surface area contributed by atoms with E-state index in [4.69, 9.17) is 11.6 Å². The van der Waals surface area contributed by atoms with Gasteiger partial charge in [0.15, 0.2) is 0 Å². The molecule has 1 heterocycles. The molecule has 0 spiro atoms. The zero-order chi connectivity index (χ0) is 11.4. The number of hydrogen-bond donors (Lipinski definition) is 0. The summed E-state index contributed by atoms with van der Waals surface area (Å²) in [5, 5.41) is 0. The summed E-state index contributed by atoms with van der Waals surface area (Å²) in [6, 6.07) is 8.33. The highest BCUT2D eigenvalue weighted by Crippen LogP contribution is 2.26. The van der Waals surface area contributed by atoms with Crippen LogP contribution >= 0.6 is 38.9 Å². The van der Waals surface area contributed by atoms with Gasteiger partial charge >= 0.3 is 0 Å². The molecule has 2 aromatic rings. The highest BCUT2D eigenvalue weighted by molar-refractivity contribution is 9.10. The maximum Gasteiger partial charge on any atom is 0.0794 e. The first-order chi connectivity index (χ1) is 7.79. The maximum absolute atomic E-state index is 6.04. The van der Waals surface area contributed by atoms with Crippen molar-refractivity contribution in [2.75, 3.05) is 5.88 Å². The van der Waals surface area contributed by atoms with Crippen molar-refractivity contribution in [2.24, 2.45) is 0 Å². The van der Waals surface area contributed by atoms with Crippen LogP contribution in [0.5, 0.6) is 0 Å². The summed E-state index contributed by atoms with van der Waals surface area (Å²) in [5.41, 5.74) is 3.14. The van der Waals surface area contributed by atoms with Gasteiger partial charge in [0.05, 0.1) is 5.51 Å². The Balaban J connectivity index is 2.16. The molecule has 1 aromatic heterocycles. The Morgan fingerprint density at radius 1 is 1.44 bits per heavy atom. The molecule has 0 N–H and O–H groups in total. The van der Waals surface area contributed by atoms with Gasteiger partial charge in [0.25, 0.3) is 0 Å². The van der Waals surface area contributed by atoms with Crippen molar-refractivity contribution in [2.45, 2.75) is 12.3 Å². The molecule has 1 atom stereocenters. The average Bonchev–Trinajstić information content (AvgIpc) is 2.78. The fourth-order valence-corrected chi connectivity index (χ4v) is 2.99. The Morgan fingerprint density at radius 3 is 2.94 bits per heavy atom. The molecule has 0 saturated carbocycles. The molecule has 0 fully saturated rings. The minimum atomic E-state index is 0.361. The van der Waals surface area contributed by atoms with Crippen molar-refractivity contribution >= 4 is 38.9 Å². The van der Waals surface area contributed by atoms with Gasteiger partial charge in [0.1, 0.15) is 0 Å². The number of aromatic nitrogens is 1. The molecule has 0 aliphatic heterocycles. The molecule has 2 rings (SSSR count). The number of alkyl halides is 1. The normalized spacial score (nSPS) is 12.6. The molecule has 1 unspecified atom stereocenters. The van der Waals surface area contributed by atoms with Crippen molar-refractivity contribution in [3.8, 4) is 0 Å². The summed E-state index contributed by atoms with van der Waals surface area (Å²) in [7, 11) is 0. The zero-order valence-electron chi connectivity index (χ0n) is 8.57. The first kappa shape index (κ1) is 12.1. The van der Waals surface area contributed by atoms with Gasteiger partial charge < -0.3 is 0 Å². The second-order valence-corrected chi connectivity index (χ2v) is 5.77. The number of rotatable bonds is 4. The number of hydrogen-bond acceptors (Lipinski definition) is 2. The summed E-state index contributed by atoms with van der Waals surface area (Å²) < 4.78 is 1.10. The first-order valence-corrected chi connectivity index (χ1v) is 7.19. The van der Waals surface area contributed by atoms with Crippen molar-refractivity contribution in [3.63, 3.8) is 0 Å². The van der Waals surface area contributed by atoms with Crippen LogP contribution < -0.4 is 0 Å². The van der Waals surface area contributed by atoms with Crippen LogP contribution in [0.4, 0.5) is 0 Å². The minimum Gasteiger partial charge on any atom is -0.253 e. The quantitative estimate of drug-likeness (QED) is 0.758. The Kier molecular flexibility index (Phi) is 4.38. The lowest BCUT2D eigenvalue weighted by molar-refractivity contribution is 0.774. The molecule has 0 saturated heterocycles. The topological polar surface area (TPSA) is 12.9 Å². The molecule has 0 aliphatic rings. The summed E-state index contributed by atoms with van der Waals surface area (Å²) in [5.74, 6) is 0.994. The van der Waals surface area contributed by atoms with Gasteiger partial charge in [0.2, 0.25) is 0 Å². The predicted octanol–water partition coefficient (Wildman–Crippen LogP) is 4.47. The van der Waals surface area contributed by atoms with E-state index in [1.54, 1.807) is 11.3 Å². The fraction of sp³-hybridized carbons (Fsp3) is 0.250. The van der Waals surface area contributed by atoms with Gasteiger partial charge in [-0.2, -0.15) is 0 Å². The van der Waals surface area contributed by atoms with Crippen molar-refractivity contribution < 1.29 is 0 Å². The smallest absolute Gasteiger partial charge is 0.0794 e. The van der Waals surface area contributed by atoms with E-state index in [9.17, 15) is 0 Å².